The highest BCUT2D eigenvalue weighted by Gasteiger charge is 2.11. The fourth-order valence-electron chi connectivity index (χ4n) is 2.26. The summed E-state index contributed by atoms with van der Waals surface area (Å²) in [6.45, 7) is 4.56. The molecule has 1 aromatic rings. The average molecular weight is 253 g/mol. The Hall–Kier alpha value is -0.490. The number of hydrogen-bond donors (Lipinski definition) is 0. The van der Waals surface area contributed by atoms with Gasteiger partial charge in [-0.15, -0.1) is 11.6 Å². The summed E-state index contributed by atoms with van der Waals surface area (Å²) in [6.07, 6.45) is 7.69. The molecule has 0 aromatic heterocycles. The molecule has 0 N–H and O–H groups in total. The minimum Gasteiger partial charge on any atom is -0.118 e. The van der Waals surface area contributed by atoms with Crippen molar-refractivity contribution in [2.75, 3.05) is 0 Å². The molecule has 96 valence electrons. The average Bonchev–Trinajstić information content (AvgIpc) is 2.39. The SMILES string of the molecule is CCCCC(CC)CCC(Cl)c1ccccc1. The predicted octanol–water partition coefficient (Wildman–Crippen LogP) is 5.96. The lowest BCUT2D eigenvalue weighted by Crippen LogP contribution is -2.01. The Morgan fingerprint density at radius 3 is 2.29 bits per heavy atom. The molecule has 0 nitrogen and oxygen atoms in total. The van der Waals surface area contributed by atoms with Crippen LogP contribution in [-0.4, -0.2) is 0 Å². The van der Waals surface area contributed by atoms with E-state index < -0.39 is 0 Å². The Balaban J connectivity index is 2.33. The topological polar surface area (TPSA) is 0 Å². The van der Waals surface area contributed by atoms with Crippen LogP contribution >= 0.6 is 11.6 Å². The monoisotopic (exact) mass is 252 g/mol. The minimum atomic E-state index is 0.187. The van der Waals surface area contributed by atoms with Crippen molar-refractivity contribution in [2.24, 2.45) is 5.92 Å². The number of benzene rings is 1. The number of unbranched alkanes of at least 4 members (excludes halogenated alkanes) is 1. The summed E-state index contributed by atoms with van der Waals surface area (Å²) in [5, 5.41) is 0.187. The molecule has 0 fully saturated rings. The van der Waals surface area contributed by atoms with Crippen molar-refractivity contribution in [3.05, 3.63) is 35.9 Å². The van der Waals surface area contributed by atoms with E-state index in [1.165, 1.54) is 37.7 Å². The Morgan fingerprint density at radius 1 is 1.00 bits per heavy atom. The lowest BCUT2D eigenvalue weighted by atomic mass is 9.92. The van der Waals surface area contributed by atoms with Crippen molar-refractivity contribution in [1.29, 1.82) is 0 Å². The Bertz CT molecular complexity index is 281. The van der Waals surface area contributed by atoms with E-state index in [2.05, 4.69) is 38.1 Å². The van der Waals surface area contributed by atoms with Gasteiger partial charge in [0.15, 0.2) is 0 Å². The van der Waals surface area contributed by atoms with Crippen molar-refractivity contribution >= 4 is 11.6 Å². The molecule has 17 heavy (non-hydrogen) atoms. The zero-order valence-corrected chi connectivity index (χ0v) is 11.9. The van der Waals surface area contributed by atoms with Crippen LogP contribution in [0.25, 0.3) is 0 Å². The lowest BCUT2D eigenvalue weighted by Gasteiger charge is -2.16. The summed E-state index contributed by atoms with van der Waals surface area (Å²) >= 11 is 6.44. The molecular weight excluding hydrogens is 228 g/mol. The van der Waals surface area contributed by atoms with Gasteiger partial charge in [0.25, 0.3) is 0 Å². The minimum absolute atomic E-state index is 0.187. The Labute approximate surface area is 111 Å². The van der Waals surface area contributed by atoms with E-state index in [0.717, 1.165) is 12.3 Å². The van der Waals surface area contributed by atoms with Crippen molar-refractivity contribution < 1.29 is 0 Å². The molecule has 0 heterocycles. The second-order valence-electron chi connectivity index (χ2n) is 4.87. The van der Waals surface area contributed by atoms with Crippen LogP contribution in [0.2, 0.25) is 0 Å². The highest BCUT2D eigenvalue weighted by atomic mass is 35.5. The van der Waals surface area contributed by atoms with E-state index >= 15 is 0 Å². The second kappa shape index (κ2) is 8.58. The summed E-state index contributed by atoms with van der Waals surface area (Å²) in [7, 11) is 0. The predicted molar refractivity (Wildman–Crippen MR) is 77.6 cm³/mol. The summed E-state index contributed by atoms with van der Waals surface area (Å²) in [4.78, 5) is 0. The van der Waals surface area contributed by atoms with Crippen LogP contribution in [0, 0.1) is 5.92 Å². The van der Waals surface area contributed by atoms with Crippen molar-refractivity contribution in [3.63, 3.8) is 0 Å². The molecule has 1 heteroatoms. The first-order valence-corrected chi connectivity index (χ1v) is 7.40. The van der Waals surface area contributed by atoms with Gasteiger partial charge in [-0.05, 0) is 24.3 Å². The third kappa shape index (κ3) is 5.59. The van der Waals surface area contributed by atoms with Crippen LogP contribution in [0.4, 0.5) is 0 Å². The van der Waals surface area contributed by atoms with Gasteiger partial charge >= 0.3 is 0 Å². The fourth-order valence-corrected chi connectivity index (χ4v) is 2.53. The molecule has 1 aromatic carbocycles. The standard InChI is InChI=1S/C16H25Cl/c1-3-5-9-14(4-2)12-13-16(17)15-10-7-6-8-11-15/h6-8,10-11,14,16H,3-5,9,12-13H2,1-2H3. The number of halogens is 1. The van der Waals surface area contributed by atoms with Gasteiger partial charge in [-0.25, -0.2) is 0 Å². The van der Waals surface area contributed by atoms with E-state index in [-0.39, 0.29) is 5.38 Å². The first kappa shape index (κ1) is 14.6. The van der Waals surface area contributed by atoms with Gasteiger partial charge in [-0.2, -0.15) is 0 Å². The van der Waals surface area contributed by atoms with E-state index in [1.807, 2.05) is 6.07 Å². The maximum absolute atomic E-state index is 6.44. The Kier molecular flexibility index (Phi) is 7.35. The summed E-state index contributed by atoms with van der Waals surface area (Å²) in [5.74, 6) is 0.861. The van der Waals surface area contributed by atoms with E-state index in [4.69, 9.17) is 11.6 Å². The summed E-state index contributed by atoms with van der Waals surface area (Å²) < 4.78 is 0. The van der Waals surface area contributed by atoms with Gasteiger partial charge in [0.05, 0.1) is 5.38 Å². The lowest BCUT2D eigenvalue weighted by molar-refractivity contribution is 0.408. The highest BCUT2D eigenvalue weighted by Crippen LogP contribution is 2.29. The summed E-state index contributed by atoms with van der Waals surface area (Å²) in [6, 6.07) is 10.4. The molecule has 0 saturated heterocycles. The molecule has 0 saturated carbocycles. The van der Waals surface area contributed by atoms with Crippen LogP contribution in [0.1, 0.15) is 63.3 Å². The molecule has 0 aliphatic heterocycles. The first-order chi connectivity index (χ1) is 8.27. The highest BCUT2D eigenvalue weighted by molar-refractivity contribution is 6.20. The van der Waals surface area contributed by atoms with Gasteiger partial charge in [-0.3, -0.25) is 0 Å². The zero-order chi connectivity index (χ0) is 12.5. The molecule has 1 rings (SSSR count). The largest absolute Gasteiger partial charge is 0.118 e. The van der Waals surface area contributed by atoms with E-state index in [1.54, 1.807) is 0 Å². The van der Waals surface area contributed by atoms with Crippen molar-refractivity contribution in [2.45, 2.75) is 57.7 Å². The smallest absolute Gasteiger partial charge is 0.0585 e. The van der Waals surface area contributed by atoms with Gasteiger partial charge in [-0.1, -0.05) is 69.9 Å². The fraction of sp³-hybridized carbons (Fsp3) is 0.625. The zero-order valence-electron chi connectivity index (χ0n) is 11.2. The van der Waals surface area contributed by atoms with Gasteiger partial charge in [0, 0.05) is 0 Å². The van der Waals surface area contributed by atoms with Crippen molar-refractivity contribution in [1.82, 2.24) is 0 Å². The van der Waals surface area contributed by atoms with E-state index in [9.17, 15) is 0 Å². The van der Waals surface area contributed by atoms with E-state index in [0.29, 0.717) is 0 Å². The molecule has 0 spiro atoms. The van der Waals surface area contributed by atoms with Gasteiger partial charge in [0.1, 0.15) is 0 Å². The molecule has 2 atom stereocenters. The Morgan fingerprint density at radius 2 is 1.71 bits per heavy atom. The maximum Gasteiger partial charge on any atom is 0.0585 e. The second-order valence-corrected chi connectivity index (χ2v) is 5.40. The molecule has 0 bridgehead atoms. The van der Waals surface area contributed by atoms with Gasteiger partial charge in [0.2, 0.25) is 0 Å². The molecule has 0 amide bonds. The van der Waals surface area contributed by atoms with Crippen LogP contribution < -0.4 is 0 Å². The maximum atomic E-state index is 6.44. The molecule has 0 aliphatic carbocycles. The van der Waals surface area contributed by atoms with Crippen LogP contribution in [0.15, 0.2) is 30.3 Å². The normalized spacial score (nSPS) is 14.5. The van der Waals surface area contributed by atoms with Crippen molar-refractivity contribution in [3.8, 4) is 0 Å². The van der Waals surface area contributed by atoms with Gasteiger partial charge < -0.3 is 0 Å². The molecule has 0 radical (unpaired) electrons. The van der Waals surface area contributed by atoms with Crippen LogP contribution in [-0.2, 0) is 0 Å². The number of alkyl halides is 1. The third-order valence-electron chi connectivity index (χ3n) is 3.53. The first-order valence-electron chi connectivity index (χ1n) is 6.96. The number of hydrogen-bond acceptors (Lipinski definition) is 0. The summed E-state index contributed by atoms with van der Waals surface area (Å²) in [5.41, 5.74) is 1.26. The van der Waals surface area contributed by atoms with Crippen LogP contribution in [0.5, 0.6) is 0 Å². The van der Waals surface area contributed by atoms with Crippen LogP contribution in [0.3, 0.4) is 0 Å². The molecular formula is C16H25Cl. The molecule has 0 aliphatic rings. The third-order valence-corrected chi connectivity index (χ3v) is 4.00. The number of rotatable bonds is 8. The molecule has 2 unspecified atom stereocenters. The quantitative estimate of drug-likeness (QED) is 0.501.